The lowest BCUT2D eigenvalue weighted by Gasteiger charge is -2.25. The Bertz CT molecular complexity index is 713. The van der Waals surface area contributed by atoms with Gasteiger partial charge in [0.15, 0.2) is 0 Å². The van der Waals surface area contributed by atoms with Crippen molar-refractivity contribution in [3.05, 3.63) is 66.2 Å². The molecule has 0 radical (unpaired) electrons. The fourth-order valence-electron chi connectivity index (χ4n) is 1.88. The van der Waals surface area contributed by atoms with Crippen LogP contribution in [-0.2, 0) is 4.79 Å². The predicted molar refractivity (Wildman–Crippen MR) is 101 cm³/mol. The highest BCUT2D eigenvalue weighted by molar-refractivity contribution is 6.68. The Kier molecular flexibility index (Phi) is 7.00. The van der Waals surface area contributed by atoms with Crippen molar-refractivity contribution in [2.24, 2.45) is 0 Å². The minimum absolute atomic E-state index is 0.421. The molecule has 0 aliphatic rings. The molecule has 4 nitrogen and oxygen atoms in total. The van der Waals surface area contributed by atoms with Crippen LogP contribution in [0.2, 0.25) is 0 Å². The van der Waals surface area contributed by atoms with Crippen molar-refractivity contribution < 1.29 is 14.3 Å². The number of hydrogen-bond acceptors (Lipinski definition) is 3. The molecular weight excluding hydrogens is 385 g/mol. The first-order valence-electron chi connectivity index (χ1n) is 7.29. The summed E-state index contributed by atoms with van der Waals surface area (Å²) in [7, 11) is 1.55. The highest BCUT2D eigenvalue weighted by Gasteiger charge is 2.35. The van der Waals surface area contributed by atoms with Crippen LogP contribution in [0.15, 0.2) is 60.7 Å². The second-order valence-electron chi connectivity index (χ2n) is 4.97. The Morgan fingerprint density at radius 2 is 1.64 bits per heavy atom. The Labute approximate surface area is 161 Å². The molecule has 0 fully saturated rings. The molecule has 132 valence electrons. The van der Waals surface area contributed by atoms with Crippen LogP contribution in [0.25, 0.3) is 6.08 Å². The van der Waals surface area contributed by atoms with E-state index >= 15 is 0 Å². The van der Waals surface area contributed by atoms with Crippen molar-refractivity contribution in [1.82, 2.24) is 5.32 Å². The Balaban J connectivity index is 2.04. The third-order valence-corrected chi connectivity index (χ3v) is 3.71. The fraction of sp³-hybridized carbons (Fsp3) is 0.167. The number of hydrogen-bond donors (Lipinski definition) is 1. The Morgan fingerprint density at radius 1 is 1.04 bits per heavy atom. The maximum Gasteiger partial charge on any atom is 0.246 e. The van der Waals surface area contributed by atoms with Gasteiger partial charge in [-0.2, -0.15) is 0 Å². The molecule has 0 saturated heterocycles. The lowest BCUT2D eigenvalue weighted by molar-refractivity contribution is -0.118. The number of carbonyl (C=O) groups excluding carboxylic acids is 1. The summed E-state index contributed by atoms with van der Waals surface area (Å²) in [5.74, 6) is 0.630. The average molecular weight is 401 g/mol. The maximum atomic E-state index is 12.1. The summed E-state index contributed by atoms with van der Waals surface area (Å²) in [6.45, 7) is 0. The number of benzene rings is 2. The van der Waals surface area contributed by atoms with Gasteiger partial charge in [-0.3, -0.25) is 4.79 Å². The van der Waals surface area contributed by atoms with E-state index < -0.39 is 15.9 Å². The number of methoxy groups -OCH3 is 1. The molecular formula is C18H16Cl3NO3. The molecule has 0 heterocycles. The minimum Gasteiger partial charge on any atom is -0.497 e. The SMILES string of the molecule is COc1ccc(O[C@H](NC(=O)/C=C\c2ccccc2)C(Cl)(Cl)Cl)cc1. The average Bonchev–Trinajstić information content (AvgIpc) is 2.60. The first-order valence-corrected chi connectivity index (χ1v) is 8.43. The van der Waals surface area contributed by atoms with Gasteiger partial charge in [0.2, 0.25) is 15.9 Å². The first-order chi connectivity index (χ1) is 11.9. The third kappa shape index (κ3) is 6.50. The van der Waals surface area contributed by atoms with Gasteiger partial charge in [0.1, 0.15) is 11.5 Å². The van der Waals surface area contributed by atoms with Gasteiger partial charge in [0, 0.05) is 6.08 Å². The van der Waals surface area contributed by atoms with Crippen LogP contribution in [-0.4, -0.2) is 23.0 Å². The number of alkyl halides is 3. The molecule has 0 saturated carbocycles. The largest absolute Gasteiger partial charge is 0.497 e. The van der Waals surface area contributed by atoms with Crippen molar-refractivity contribution in [2.75, 3.05) is 7.11 Å². The molecule has 0 unspecified atom stereocenters. The molecule has 1 atom stereocenters. The number of ether oxygens (including phenoxy) is 2. The normalized spacial score (nSPS) is 12.6. The van der Waals surface area contributed by atoms with Crippen LogP contribution >= 0.6 is 34.8 Å². The number of nitrogens with one attached hydrogen (secondary N) is 1. The van der Waals surface area contributed by atoms with Gasteiger partial charge in [0.05, 0.1) is 7.11 Å². The molecule has 7 heteroatoms. The zero-order chi connectivity index (χ0) is 18.3. The Morgan fingerprint density at radius 3 is 2.20 bits per heavy atom. The standard InChI is InChI=1S/C18H16Cl3NO3/c1-24-14-8-10-15(11-9-14)25-17(18(19,20)21)22-16(23)12-7-13-5-3-2-4-6-13/h2-12,17H,1H3,(H,22,23)/b12-7-/t17-/m0/s1. The summed E-state index contributed by atoms with van der Waals surface area (Å²) in [6, 6.07) is 16.0. The van der Waals surface area contributed by atoms with Gasteiger partial charge < -0.3 is 14.8 Å². The number of rotatable bonds is 6. The van der Waals surface area contributed by atoms with E-state index in [4.69, 9.17) is 44.3 Å². The zero-order valence-corrected chi connectivity index (χ0v) is 15.6. The van der Waals surface area contributed by atoms with Crippen LogP contribution < -0.4 is 14.8 Å². The van der Waals surface area contributed by atoms with E-state index in [2.05, 4.69) is 5.32 Å². The smallest absolute Gasteiger partial charge is 0.246 e. The van der Waals surface area contributed by atoms with Crippen LogP contribution in [0.5, 0.6) is 11.5 Å². The van der Waals surface area contributed by atoms with Gasteiger partial charge in [-0.15, -0.1) is 0 Å². The molecule has 2 rings (SSSR count). The van der Waals surface area contributed by atoms with Crippen LogP contribution in [0.3, 0.4) is 0 Å². The molecule has 2 aromatic rings. The second-order valence-corrected chi connectivity index (χ2v) is 7.34. The third-order valence-electron chi connectivity index (χ3n) is 3.11. The highest BCUT2D eigenvalue weighted by Crippen LogP contribution is 2.32. The molecule has 0 spiro atoms. The fourth-order valence-corrected chi connectivity index (χ4v) is 2.18. The van der Waals surface area contributed by atoms with Crippen LogP contribution in [0.4, 0.5) is 0 Å². The molecule has 0 aliphatic carbocycles. The van der Waals surface area contributed by atoms with Crippen molar-refractivity contribution >= 4 is 46.8 Å². The van der Waals surface area contributed by atoms with E-state index in [1.165, 1.54) is 6.08 Å². The van der Waals surface area contributed by atoms with E-state index in [-0.39, 0.29) is 0 Å². The van der Waals surface area contributed by atoms with Crippen molar-refractivity contribution in [3.63, 3.8) is 0 Å². The van der Waals surface area contributed by atoms with Crippen LogP contribution in [0.1, 0.15) is 5.56 Å². The van der Waals surface area contributed by atoms with Gasteiger partial charge in [0.25, 0.3) is 0 Å². The van der Waals surface area contributed by atoms with Crippen molar-refractivity contribution in [1.29, 1.82) is 0 Å². The predicted octanol–water partition coefficient (Wildman–Crippen LogP) is 4.60. The molecule has 1 amide bonds. The number of halogens is 3. The molecule has 2 aromatic carbocycles. The Hall–Kier alpha value is -1.88. The summed E-state index contributed by atoms with van der Waals surface area (Å²) >= 11 is 17.7. The number of carbonyl (C=O) groups is 1. The van der Waals surface area contributed by atoms with Gasteiger partial charge in [-0.1, -0.05) is 65.1 Å². The maximum absolute atomic E-state index is 12.1. The van der Waals surface area contributed by atoms with Gasteiger partial charge >= 0.3 is 0 Å². The summed E-state index contributed by atoms with van der Waals surface area (Å²) in [5.41, 5.74) is 0.874. The van der Waals surface area contributed by atoms with Crippen LogP contribution in [0, 0.1) is 0 Å². The first kappa shape index (κ1) is 19.4. The van der Waals surface area contributed by atoms with E-state index in [1.54, 1.807) is 37.5 Å². The van der Waals surface area contributed by atoms with E-state index in [0.29, 0.717) is 11.5 Å². The monoisotopic (exact) mass is 399 g/mol. The lowest BCUT2D eigenvalue weighted by atomic mass is 10.2. The molecule has 0 bridgehead atoms. The lowest BCUT2D eigenvalue weighted by Crippen LogP contribution is -2.47. The topological polar surface area (TPSA) is 47.6 Å². The minimum atomic E-state index is -1.85. The number of amides is 1. The second kappa shape index (κ2) is 8.99. The van der Waals surface area contributed by atoms with Gasteiger partial charge in [-0.05, 0) is 35.9 Å². The molecule has 1 N–H and O–H groups in total. The summed E-state index contributed by atoms with van der Waals surface area (Å²) in [6.07, 6.45) is 1.83. The molecule has 0 aromatic heterocycles. The van der Waals surface area contributed by atoms with Gasteiger partial charge in [-0.25, -0.2) is 0 Å². The molecule has 0 aliphatic heterocycles. The summed E-state index contributed by atoms with van der Waals surface area (Å²) < 4.78 is 8.80. The van der Waals surface area contributed by atoms with E-state index in [0.717, 1.165) is 5.56 Å². The van der Waals surface area contributed by atoms with E-state index in [9.17, 15) is 4.79 Å². The van der Waals surface area contributed by atoms with E-state index in [1.807, 2.05) is 30.3 Å². The highest BCUT2D eigenvalue weighted by atomic mass is 35.6. The summed E-state index contributed by atoms with van der Waals surface area (Å²) in [4.78, 5) is 12.1. The zero-order valence-electron chi connectivity index (χ0n) is 13.3. The van der Waals surface area contributed by atoms with Crippen molar-refractivity contribution in [2.45, 2.75) is 10.0 Å². The molecule has 25 heavy (non-hydrogen) atoms. The van der Waals surface area contributed by atoms with Crippen molar-refractivity contribution in [3.8, 4) is 11.5 Å². The summed E-state index contributed by atoms with van der Waals surface area (Å²) in [5, 5.41) is 2.53. The quantitative estimate of drug-likeness (QED) is 0.438.